The van der Waals surface area contributed by atoms with Crippen molar-refractivity contribution in [3.8, 4) is 0 Å². The minimum atomic E-state index is -0.705. The van der Waals surface area contributed by atoms with Gasteiger partial charge in [0, 0.05) is 24.1 Å². The Bertz CT molecular complexity index is 936. The Morgan fingerprint density at radius 2 is 1.77 bits per heavy atom. The number of amides is 1. The lowest BCUT2D eigenvalue weighted by atomic mass is 9.82. The first-order chi connectivity index (χ1) is 14.4. The van der Waals surface area contributed by atoms with Gasteiger partial charge < -0.3 is 9.64 Å². The molecular formula is C24H25F2NO3. The first-order valence-electron chi connectivity index (χ1n) is 10.1. The van der Waals surface area contributed by atoms with Crippen molar-refractivity contribution < 1.29 is 23.1 Å². The summed E-state index contributed by atoms with van der Waals surface area (Å²) >= 11 is 0. The third kappa shape index (κ3) is 4.75. The average molecular weight is 413 g/mol. The molecule has 0 saturated heterocycles. The van der Waals surface area contributed by atoms with Gasteiger partial charge in [-0.05, 0) is 36.6 Å². The maximum absolute atomic E-state index is 13.7. The van der Waals surface area contributed by atoms with Crippen LogP contribution in [0.3, 0.4) is 0 Å². The van der Waals surface area contributed by atoms with E-state index in [1.165, 1.54) is 17.0 Å². The molecule has 6 heteroatoms. The number of benzene rings is 2. The van der Waals surface area contributed by atoms with E-state index in [4.69, 9.17) is 4.74 Å². The van der Waals surface area contributed by atoms with Crippen LogP contribution in [0.4, 0.5) is 8.78 Å². The van der Waals surface area contributed by atoms with Gasteiger partial charge in [0.2, 0.25) is 5.91 Å². The molecule has 4 nitrogen and oxygen atoms in total. The highest BCUT2D eigenvalue weighted by molar-refractivity contribution is 5.96. The summed E-state index contributed by atoms with van der Waals surface area (Å²) in [5.41, 5.74) is 2.20. The number of hydrogen-bond acceptors (Lipinski definition) is 3. The molecular weight excluding hydrogens is 388 g/mol. The molecule has 1 amide bonds. The first kappa shape index (κ1) is 21.7. The van der Waals surface area contributed by atoms with Gasteiger partial charge in [0.1, 0.15) is 11.6 Å². The van der Waals surface area contributed by atoms with Crippen molar-refractivity contribution in [2.24, 2.45) is 0 Å². The molecule has 0 radical (unpaired) electrons. The van der Waals surface area contributed by atoms with Crippen LogP contribution in [0.1, 0.15) is 50.2 Å². The number of carbonyl (C=O) groups is 2. The first-order valence-corrected chi connectivity index (χ1v) is 10.1. The monoisotopic (exact) mass is 413 g/mol. The number of halogens is 2. The second kappa shape index (κ2) is 9.65. The lowest BCUT2D eigenvalue weighted by Gasteiger charge is -2.36. The lowest BCUT2D eigenvalue weighted by Crippen LogP contribution is -2.39. The van der Waals surface area contributed by atoms with E-state index in [2.05, 4.69) is 0 Å². The van der Waals surface area contributed by atoms with Crippen LogP contribution in [0, 0.1) is 11.6 Å². The fourth-order valence-corrected chi connectivity index (χ4v) is 3.90. The summed E-state index contributed by atoms with van der Waals surface area (Å²) < 4.78 is 32.7. The minimum Gasteiger partial charge on any atom is -0.463 e. The van der Waals surface area contributed by atoms with Crippen LogP contribution in [-0.4, -0.2) is 23.4 Å². The predicted octanol–water partition coefficient (Wildman–Crippen LogP) is 5.10. The zero-order valence-corrected chi connectivity index (χ0v) is 17.2. The lowest BCUT2D eigenvalue weighted by molar-refractivity contribution is -0.140. The van der Waals surface area contributed by atoms with Crippen LogP contribution < -0.4 is 0 Å². The molecule has 1 atom stereocenters. The maximum Gasteiger partial charge on any atom is 0.336 e. The van der Waals surface area contributed by atoms with Gasteiger partial charge in [0.15, 0.2) is 0 Å². The molecule has 1 unspecified atom stereocenters. The van der Waals surface area contributed by atoms with Crippen LogP contribution >= 0.6 is 0 Å². The highest BCUT2D eigenvalue weighted by Crippen LogP contribution is 2.39. The molecule has 30 heavy (non-hydrogen) atoms. The molecule has 0 spiro atoms. The minimum absolute atomic E-state index is 0.00669. The van der Waals surface area contributed by atoms with Crippen molar-refractivity contribution in [3.05, 3.63) is 82.6 Å². The Labute approximate surface area is 175 Å². The molecule has 1 aliphatic rings. The van der Waals surface area contributed by atoms with E-state index in [1.54, 1.807) is 6.92 Å². The van der Waals surface area contributed by atoms with Crippen molar-refractivity contribution in [3.63, 3.8) is 0 Å². The summed E-state index contributed by atoms with van der Waals surface area (Å²) in [5, 5.41) is 0. The maximum atomic E-state index is 13.7. The Kier molecular flexibility index (Phi) is 6.98. The van der Waals surface area contributed by atoms with E-state index in [0.717, 1.165) is 11.6 Å². The standard InChI is InChI=1S/C24H25F2NO3/c1-3-8-21-23(24(29)30-4-2)20(17-9-6-5-7-10-17)14-22(28)27(21)15-16-11-18(25)13-19(26)12-16/h5-7,9-13,20H,3-4,8,14-15H2,1-2H3. The van der Waals surface area contributed by atoms with Gasteiger partial charge in [-0.2, -0.15) is 0 Å². The molecule has 0 saturated carbocycles. The molecule has 0 aliphatic carbocycles. The zero-order chi connectivity index (χ0) is 21.7. The number of nitrogens with zero attached hydrogens (tertiary/aromatic N) is 1. The van der Waals surface area contributed by atoms with E-state index < -0.39 is 23.5 Å². The Morgan fingerprint density at radius 3 is 2.37 bits per heavy atom. The molecule has 2 aromatic carbocycles. The third-order valence-corrected chi connectivity index (χ3v) is 5.11. The molecule has 3 rings (SSSR count). The van der Waals surface area contributed by atoms with Gasteiger partial charge in [0.25, 0.3) is 0 Å². The molecule has 1 heterocycles. The van der Waals surface area contributed by atoms with E-state index in [-0.39, 0.29) is 25.5 Å². The van der Waals surface area contributed by atoms with E-state index in [9.17, 15) is 18.4 Å². The van der Waals surface area contributed by atoms with Gasteiger partial charge in [-0.25, -0.2) is 13.6 Å². The van der Waals surface area contributed by atoms with Crippen molar-refractivity contribution in [2.45, 2.75) is 45.6 Å². The third-order valence-electron chi connectivity index (χ3n) is 5.11. The molecule has 0 aromatic heterocycles. The fourth-order valence-electron chi connectivity index (χ4n) is 3.90. The summed E-state index contributed by atoms with van der Waals surface area (Å²) in [6.45, 7) is 3.89. The average Bonchev–Trinajstić information content (AvgIpc) is 2.70. The molecule has 0 bridgehead atoms. The Balaban J connectivity index is 2.10. The number of ether oxygens (including phenoxy) is 1. The van der Waals surface area contributed by atoms with Crippen LogP contribution in [0.2, 0.25) is 0 Å². The Morgan fingerprint density at radius 1 is 1.10 bits per heavy atom. The highest BCUT2D eigenvalue weighted by atomic mass is 19.1. The molecule has 2 aromatic rings. The van der Waals surface area contributed by atoms with Crippen molar-refractivity contribution in [1.29, 1.82) is 0 Å². The normalized spacial score (nSPS) is 16.7. The number of rotatable bonds is 7. The number of hydrogen-bond donors (Lipinski definition) is 0. The van der Waals surface area contributed by atoms with Gasteiger partial charge >= 0.3 is 5.97 Å². The summed E-state index contributed by atoms with van der Waals surface area (Å²) in [7, 11) is 0. The summed E-state index contributed by atoms with van der Waals surface area (Å²) in [4.78, 5) is 27.5. The fraction of sp³-hybridized carbons (Fsp3) is 0.333. The second-order valence-corrected chi connectivity index (χ2v) is 7.26. The van der Waals surface area contributed by atoms with Gasteiger partial charge in [-0.1, -0.05) is 43.7 Å². The van der Waals surface area contributed by atoms with Gasteiger partial charge in [-0.15, -0.1) is 0 Å². The molecule has 1 aliphatic heterocycles. The van der Waals surface area contributed by atoms with Crippen LogP contribution in [0.5, 0.6) is 0 Å². The Hall–Kier alpha value is -3.02. The van der Waals surface area contributed by atoms with Crippen LogP contribution in [0.25, 0.3) is 0 Å². The SMILES string of the molecule is CCCC1=C(C(=O)OCC)C(c2ccccc2)CC(=O)N1Cc1cc(F)cc(F)c1. The predicted molar refractivity (Wildman–Crippen MR) is 109 cm³/mol. The highest BCUT2D eigenvalue weighted by Gasteiger charge is 2.38. The quantitative estimate of drug-likeness (QED) is 0.594. The zero-order valence-electron chi connectivity index (χ0n) is 17.2. The molecule has 158 valence electrons. The molecule has 0 fully saturated rings. The second-order valence-electron chi connectivity index (χ2n) is 7.26. The van der Waals surface area contributed by atoms with E-state index in [0.29, 0.717) is 29.7 Å². The number of allylic oxidation sites excluding steroid dienone is 1. The van der Waals surface area contributed by atoms with Gasteiger partial charge in [-0.3, -0.25) is 4.79 Å². The summed E-state index contributed by atoms with van der Waals surface area (Å²) in [6, 6.07) is 12.6. The van der Waals surface area contributed by atoms with Crippen molar-refractivity contribution in [1.82, 2.24) is 4.90 Å². The van der Waals surface area contributed by atoms with Crippen LogP contribution in [0.15, 0.2) is 59.8 Å². The number of carbonyl (C=O) groups excluding carboxylic acids is 2. The van der Waals surface area contributed by atoms with Gasteiger partial charge in [0.05, 0.1) is 18.7 Å². The summed E-state index contributed by atoms with van der Waals surface area (Å²) in [6.07, 6.45) is 1.26. The largest absolute Gasteiger partial charge is 0.463 e. The van der Waals surface area contributed by atoms with E-state index >= 15 is 0 Å². The van der Waals surface area contributed by atoms with E-state index in [1.807, 2.05) is 37.3 Å². The molecule has 0 N–H and O–H groups in total. The van der Waals surface area contributed by atoms with Crippen molar-refractivity contribution >= 4 is 11.9 Å². The van der Waals surface area contributed by atoms with Crippen LogP contribution in [-0.2, 0) is 20.9 Å². The number of esters is 1. The topological polar surface area (TPSA) is 46.6 Å². The summed E-state index contributed by atoms with van der Waals surface area (Å²) in [5.74, 6) is -2.48. The van der Waals surface area contributed by atoms with Crippen molar-refractivity contribution in [2.75, 3.05) is 6.61 Å². The smallest absolute Gasteiger partial charge is 0.336 e.